The van der Waals surface area contributed by atoms with Crippen LogP contribution in [-0.4, -0.2) is 65.5 Å². The number of ether oxygens (including phenoxy) is 5. The number of aromatic hydroxyl groups is 1. The number of carbonyl (C=O) groups is 6. The van der Waals surface area contributed by atoms with Gasteiger partial charge in [0, 0.05) is 38.8 Å². The molecule has 0 bridgehead atoms. The minimum atomic E-state index is -1.59. The van der Waals surface area contributed by atoms with Crippen molar-refractivity contribution < 1.29 is 57.6 Å². The van der Waals surface area contributed by atoms with Gasteiger partial charge in [0.2, 0.25) is 6.10 Å². The predicted octanol–water partition coefficient (Wildman–Crippen LogP) is 1.54. The normalized spacial score (nSPS) is 24.1. The molecule has 0 radical (unpaired) electrons. The van der Waals surface area contributed by atoms with E-state index in [0.29, 0.717) is 0 Å². The number of rotatable bonds is 5. The Morgan fingerprint density at radius 1 is 0.919 bits per heavy atom. The van der Waals surface area contributed by atoms with Crippen LogP contribution in [0.2, 0.25) is 0 Å². The highest BCUT2D eigenvalue weighted by Gasteiger charge is 2.50. The molecule has 0 amide bonds. The van der Waals surface area contributed by atoms with Crippen molar-refractivity contribution in [2.45, 2.75) is 46.0 Å². The number of hydrogen-bond acceptors (Lipinski definition) is 12. The number of benzene rings is 1. The third-order valence-corrected chi connectivity index (χ3v) is 5.45. The molecule has 3 rings (SSSR count). The van der Waals surface area contributed by atoms with Crippen molar-refractivity contribution in [1.29, 1.82) is 0 Å². The zero-order chi connectivity index (χ0) is 27.4. The van der Waals surface area contributed by atoms with Crippen molar-refractivity contribution in [2.24, 2.45) is 5.92 Å². The Labute approximate surface area is 210 Å². The molecule has 1 aromatic rings. The number of phenolic OH excluding ortho intramolecular Hbond substituents is 1. The van der Waals surface area contributed by atoms with Crippen molar-refractivity contribution in [3.8, 4) is 5.75 Å². The van der Waals surface area contributed by atoms with Crippen LogP contribution in [0.4, 0.5) is 0 Å². The monoisotopic (exact) mass is 516 g/mol. The molecule has 0 spiro atoms. The second-order valence-corrected chi connectivity index (χ2v) is 8.22. The summed E-state index contributed by atoms with van der Waals surface area (Å²) in [4.78, 5) is 73.8. The molecule has 12 nitrogen and oxygen atoms in total. The van der Waals surface area contributed by atoms with E-state index >= 15 is 0 Å². The molecule has 37 heavy (non-hydrogen) atoms. The molecule has 1 saturated heterocycles. The number of allylic oxidation sites excluding steroid dienone is 1. The van der Waals surface area contributed by atoms with Gasteiger partial charge in [0.25, 0.3) is 0 Å². The fourth-order valence-electron chi connectivity index (χ4n) is 4.09. The van der Waals surface area contributed by atoms with E-state index in [1.807, 2.05) is 0 Å². The van der Waals surface area contributed by atoms with Gasteiger partial charge in [-0.25, -0.2) is 0 Å². The summed E-state index contributed by atoms with van der Waals surface area (Å²) >= 11 is 0. The van der Waals surface area contributed by atoms with Gasteiger partial charge in [-0.1, -0.05) is 12.1 Å². The summed E-state index contributed by atoms with van der Waals surface area (Å²) in [6.07, 6.45) is -2.81. The molecule has 1 aliphatic carbocycles. The number of esters is 4. The lowest BCUT2D eigenvalue weighted by Crippen LogP contribution is -2.49. The molecule has 1 aliphatic heterocycles. The summed E-state index contributed by atoms with van der Waals surface area (Å²) in [7, 11) is 0. The van der Waals surface area contributed by atoms with E-state index in [1.165, 1.54) is 18.2 Å². The molecule has 0 aromatic heterocycles. The molecular formula is C25H24O12. The van der Waals surface area contributed by atoms with Crippen LogP contribution in [0.3, 0.4) is 0 Å². The first-order valence-corrected chi connectivity index (χ1v) is 11.0. The highest BCUT2D eigenvalue weighted by atomic mass is 16.6. The van der Waals surface area contributed by atoms with Crippen LogP contribution in [0.1, 0.15) is 48.4 Å². The molecule has 0 saturated carbocycles. The molecule has 12 heteroatoms. The lowest BCUT2D eigenvalue weighted by atomic mass is 9.79. The van der Waals surface area contributed by atoms with Crippen LogP contribution in [-0.2, 0) is 42.9 Å². The molecular weight excluding hydrogens is 492 g/mol. The van der Waals surface area contributed by atoms with Gasteiger partial charge in [0.15, 0.2) is 29.5 Å². The topological polar surface area (TPSA) is 169 Å². The Bertz CT molecular complexity index is 1220. The SMILES string of the molecule is CC(=O)O/C=C1/OCC(C2=CC(=O)c3cccc(O)c3C2=O)[C@H](OC(C)=O)[C@@H](OC(C)=O)[C@@H]1OC(C)=O. The average molecular weight is 516 g/mol. The van der Waals surface area contributed by atoms with Crippen LogP contribution in [0.5, 0.6) is 5.75 Å². The summed E-state index contributed by atoms with van der Waals surface area (Å²) in [6.45, 7) is 3.81. The van der Waals surface area contributed by atoms with Crippen molar-refractivity contribution in [3.05, 3.63) is 53.0 Å². The Morgan fingerprint density at radius 2 is 1.54 bits per heavy atom. The highest BCUT2D eigenvalue weighted by molar-refractivity contribution is 6.25. The number of carbonyl (C=O) groups excluding carboxylic acids is 6. The summed E-state index contributed by atoms with van der Waals surface area (Å²) in [6, 6.07) is 4.01. The zero-order valence-corrected chi connectivity index (χ0v) is 20.3. The van der Waals surface area contributed by atoms with Gasteiger partial charge in [-0.3, -0.25) is 28.8 Å². The third-order valence-electron chi connectivity index (χ3n) is 5.45. The van der Waals surface area contributed by atoms with Crippen molar-refractivity contribution in [3.63, 3.8) is 0 Å². The van der Waals surface area contributed by atoms with Crippen molar-refractivity contribution in [1.82, 2.24) is 0 Å². The van der Waals surface area contributed by atoms with Gasteiger partial charge in [0.05, 0.1) is 18.1 Å². The molecule has 1 N–H and O–H groups in total. The number of hydrogen-bond donors (Lipinski definition) is 1. The van der Waals surface area contributed by atoms with Crippen LogP contribution >= 0.6 is 0 Å². The van der Waals surface area contributed by atoms with Crippen LogP contribution in [0.15, 0.2) is 41.9 Å². The first kappa shape index (κ1) is 27.1. The number of Topliss-reactive ketones (excluding diaryl/α,β-unsaturated/α-hetero) is 1. The Kier molecular flexibility index (Phi) is 8.11. The maximum absolute atomic E-state index is 13.5. The van der Waals surface area contributed by atoms with E-state index in [4.69, 9.17) is 23.7 Å². The molecule has 1 fully saturated rings. The molecule has 1 heterocycles. The van der Waals surface area contributed by atoms with Gasteiger partial charge in [0.1, 0.15) is 12.0 Å². The van der Waals surface area contributed by atoms with Crippen LogP contribution in [0.25, 0.3) is 0 Å². The van der Waals surface area contributed by atoms with Crippen LogP contribution < -0.4 is 0 Å². The van der Waals surface area contributed by atoms with E-state index in [0.717, 1.165) is 40.0 Å². The van der Waals surface area contributed by atoms with E-state index in [2.05, 4.69) is 0 Å². The van der Waals surface area contributed by atoms with E-state index in [9.17, 15) is 33.9 Å². The number of ketones is 2. The maximum Gasteiger partial charge on any atom is 0.307 e. The minimum absolute atomic E-state index is 0.0305. The quantitative estimate of drug-likeness (QED) is 0.341. The van der Waals surface area contributed by atoms with Gasteiger partial charge < -0.3 is 28.8 Å². The molecule has 1 unspecified atom stereocenters. The Morgan fingerprint density at radius 3 is 2.14 bits per heavy atom. The number of fused-ring (bicyclic) bond motifs is 1. The van der Waals surface area contributed by atoms with Gasteiger partial charge >= 0.3 is 23.9 Å². The standard InChI is InChI=1S/C25H24O12/c1-11(26)33-10-20-24(36-13(3)28)25(37-14(4)29)23(35-12(2)27)17(9-34-20)16-8-19(31)15-6-5-7-18(30)21(15)22(16)32/h5-8,10,17,23-25,30H,9H2,1-4H3/b20-10+/t17?,23-,24+,25+/m0/s1. The first-order chi connectivity index (χ1) is 17.4. The van der Waals surface area contributed by atoms with Gasteiger partial charge in [-0.2, -0.15) is 0 Å². The Hall–Kier alpha value is -4.48. The lowest BCUT2D eigenvalue weighted by molar-refractivity contribution is -0.182. The smallest absolute Gasteiger partial charge is 0.307 e. The second-order valence-electron chi connectivity index (χ2n) is 8.22. The molecule has 196 valence electrons. The van der Waals surface area contributed by atoms with E-state index in [-0.39, 0.29) is 22.5 Å². The Balaban J connectivity index is 2.20. The third kappa shape index (κ3) is 6.02. The summed E-state index contributed by atoms with van der Waals surface area (Å²) in [5, 5.41) is 10.3. The highest BCUT2D eigenvalue weighted by Crippen LogP contribution is 2.38. The van der Waals surface area contributed by atoms with E-state index in [1.54, 1.807) is 0 Å². The largest absolute Gasteiger partial charge is 0.507 e. The van der Waals surface area contributed by atoms with E-state index < -0.39 is 72.0 Å². The van der Waals surface area contributed by atoms with Gasteiger partial charge in [-0.05, 0) is 12.1 Å². The molecule has 2 aliphatic rings. The summed E-state index contributed by atoms with van der Waals surface area (Å²) in [5.74, 6) is -6.64. The summed E-state index contributed by atoms with van der Waals surface area (Å²) in [5.41, 5.74) is -0.498. The zero-order valence-electron chi connectivity index (χ0n) is 20.3. The fraction of sp³-hybridized carbons (Fsp3) is 0.360. The molecule has 4 atom stereocenters. The maximum atomic E-state index is 13.5. The lowest BCUT2D eigenvalue weighted by Gasteiger charge is -2.33. The van der Waals surface area contributed by atoms with Crippen molar-refractivity contribution >= 4 is 35.4 Å². The van der Waals surface area contributed by atoms with Crippen molar-refractivity contribution in [2.75, 3.05) is 6.61 Å². The molecule has 1 aromatic carbocycles. The first-order valence-electron chi connectivity index (χ1n) is 11.0. The minimum Gasteiger partial charge on any atom is -0.507 e. The predicted molar refractivity (Wildman–Crippen MR) is 121 cm³/mol. The second kappa shape index (κ2) is 11.1. The van der Waals surface area contributed by atoms with Gasteiger partial charge in [-0.15, -0.1) is 0 Å². The summed E-state index contributed by atoms with van der Waals surface area (Å²) < 4.78 is 26.7. The average Bonchev–Trinajstić information content (AvgIpc) is 2.91. The number of phenols is 1. The van der Waals surface area contributed by atoms with Crippen LogP contribution in [0, 0.1) is 5.92 Å². The fourth-order valence-corrected chi connectivity index (χ4v) is 4.09.